The molecule has 0 amide bonds. The minimum absolute atomic E-state index is 0.312. The number of halogens is 1. The fourth-order valence-corrected chi connectivity index (χ4v) is 2.22. The number of rotatable bonds is 1. The van der Waals surface area contributed by atoms with Crippen LogP contribution >= 0.6 is 15.9 Å². The SMILES string of the molecule is BrC1=NO[C@@H]([C@H]2CCCNC2)C1. The Balaban J connectivity index is 1.85. The smallest absolute Gasteiger partial charge is 0.137 e. The van der Waals surface area contributed by atoms with E-state index >= 15 is 0 Å². The van der Waals surface area contributed by atoms with Crippen LogP contribution in [0.15, 0.2) is 5.16 Å². The van der Waals surface area contributed by atoms with Crippen LogP contribution in [0.25, 0.3) is 0 Å². The van der Waals surface area contributed by atoms with Gasteiger partial charge in [0.1, 0.15) is 10.7 Å². The summed E-state index contributed by atoms with van der Waals surface area (Å²) in [7, 11) is 0. The van der Waals surface area contributed by atoms with Gasteiger partial charge in [-0.15, -0.1) is 0 Å². The normalized spacial score (nSPS) is 35.9. The summed E-state index contributed by atoms with van der Waals surface area (Å²) in [5.41, 5.74) is 0. The Hall–Kier alpha value is -0.0900. The van der Waals surface area contributed by atoms with Gasteiger partial charge >= 0.3 is 0 Å². The number of hydrogen-bond donors (Lipinski definition) is 1. The zero-order chi connectivity index (χ0) is 8.39. The number of nitrogens with zero attached hydrogens (tertiary/aromatic N) is 1. The van der Waals surface area contributed by atoms with Crippen LogP contribution in [-0.4, -0.2) is 23.8 Å². The fourth-order valence-electron chi connectivity index (χ4n) is 1.81. The third-order valence-electron chi connectivity index (χ3n) is 2.52. The Labute approximate surface area is 80.7 Å². The summed E-state index contributed by atoms with van der Waals surface area (Å²) >= 11 is 3.35. The summed E-state index contributed by atoms with van der Waals surface area (Å²) in [5.74, 6) is 0.651. The molecule has 4 heteroatoms. The van der Waals surface area contributed by atoms with Gasteiger partial charge in [-0.1, -0.05) is 5.16 Å². The molecule has 0 unspecified atom stereocenters. The molecule has 3 nitrogen and oxygen atoms in total. The molecule has 2 aliphatic rings. The quantitative estimate of drug-likeness (QED) is 0.744. The predicted octanol–water partition coefficient (Wildman–Crippen LogP) is 1.48. The molecular weight excluding hydrogens is 220 g/mol. The Kier molecular flexibility index (Phi) is 2.66. The van der Waals surface area contributed by atoms with Gasteiger partial charge in [0.2, 0.25) is 0 Å². The maximum absolute atomic E-state index is 5.31. The average molecular weight is 233 g/mol. The van der Waals surface area contributed by atoms with Crippen molar-refractivity contribution in [1.29, 1.82) is 0 Å². The van der Waals surface area contributed by atoms with E-state index in [0.29, 0.717) is 12.0 Å². The third kappa shape index (κ3) is 1.80. The van der Waals surface area contributed by atoms with Crippen LogP contribution in [0, 0.1) is 5.92 Å². The standard InChI is InChI=1S/C8H13BrN2O/c9-8-4-7(12-11-8)6-2-1-3-10-5-6/h6-7,10H,1-5H2/t6-,7+/m0/s1. The highest BCUT2D eigenvalue weighted by Gasteiger charge is 2.29. The summed E-state index contributed by atoms with van der Waals surface area (Å²) < 4.78 is 0.957. The molecule has 0 spiro atoms. The molecule has 0 aromatic rings. The summed E-state index contributed by atoms with van der Waals surface area (Å²) in [5, 5.41) is 7.28. The maximum atomic E-state index is 5.31. The van der Waals surface area contributed by atoms with E-state index in [2.05, 4.69) is 26.4 Å². The Morgan fingerprint density at radius 2 is 2.50 bits per heavy atom. The molecule has 2 atom stereocenters. The zero-order valence-electron chi connectivity index (χ0n) is 6.92. The van der Waals surface area contributed by atoms with Gasteiger partial charge in [0.25, 0.3) is 0 Å². The van der Waals surface area contributed by atoms with Crippen LogP contribution in [-0.2, 0) is 4.84 Å². The summed E-state index contributed by atoms with van der Waals surface area (Å²) in [6, 6.07) is 0. The lowest BCUT2D eigenvalue weighted by Gasteiger charge is -2.25. The van der Waals surface area contributed by atoms with Crippen molar-refractivity contribution in [2.75, 3.05) is 13.1 Å². The average Bonchev–Trinajstić information content (AvgIpc) is 2.54. The van der Waals surface area contributed by atoms with E-state index in [1.165, 1.54) is 12.8 Å². The van der Waals surface area contributed by atoms with Gasteiger partial charge in [0.05, 0.1) is 0 Å². The van der Waals surface area contributed by atoms with Gasteiger partial charge in [0, 0.05) is 18.9 Å². The first-order chi connectivity index (χ1) is 5.86. The highest BCUT2D eigenvalue weighted by atomic mass is 79.9. The second kappa shape index (κ2) is 3.75. The lowest BCUT2D eigenvalue weighted by Crippen LogP contribution is -2.36. The molecule has 1 N–H and O–H groups in total. The van der Waals surface area contributed by atoms with Crippen molar-refractivity contribution in [3.8, 4) is 0 Å². The van der Waals surface area contributed by atoms with Crippen LogP contribution in [0.1, 0.15) is 19.3 Å². The van der Waals surface area contributed by atoms with Crippen molar-refractivity contribution in [3.05, 3.63) is 0 Å². The Bertz CT molecular complexity index is 189. The van der Waals surface area contributed by atoms with E-state index in [0.717, 1.165) is 24.1 Å². The van der Waals surface area contributed by atoms with Crippen molar-refractivity contribution in [2.45, 2.75) is 25.4 Å². The van der Waals surface area contributed by atoms with E-state index in [1.807, 2.05) is 0 Å². The van der Waals surface area contributed by atoms with Gasteiger partial charge in [-0.2, -0.15) is 0 Å². The molecule has 12 heavy (non-hydrogen) atoms. The maximum Gasteiger partial charge on any atom is 0.137 e. The monoisotopic (exact) mass is 232 g/mol. The van der Waals surface area contributed by atoms with E-state index in [1.54, 1.807) is 0 Å². The molecule has 1 fully saturated rings. The van der Waals surface area contributed by atoms with Crippen LogP contribution in [0.3, 0.4) is 0 Å². The third-order valence-corrected chi connectivity index (χ3v) is 2.99. The molecule has 0 aromatic heterocycles. The molecule has 0 bridgehead atoms. The van der Waals surface area contributed by atoms with Crippen molar-refractivity contribution in [3.63, 3.8) is 0 Å². The van der Waals surface area contributed by atoms with Crippen molar-refractivity contribution >= 4 is 20.6 Å². The lowest BCUT2D eigenvalue weighted by molar-refractivity contribution is 0.0316. The fraction of sp³-hybridized carbons (Fsp3) is 0.875. The van der Waals surface area contributed by atoms with Crippen molar-refractivity contribution < 1.29 is 4.84 Å². The van der Waals surface area contributed by atoms with E-state index < -0.39 is 0 Å². The summed E-state index contributed by atoms with van der Waals surface area (Å²) in [6.45, 7) is 2.24. The molecule has 2 aliphatic heterocycles. The van der Waals surface area contributed by atoms with E-state index in [-0.39, 0.29) is 0 Å². The molecule has 0 aliphatic carbocycles. The van der Waals surface area contributed by atoms with Crippen molar-refractivity contribution in [2.24, 2.45) is 11.1 Å². The molecular formula is C8H13BrN2O. The predicted molar refractivity (Wildman–Crippen MR) is 51.4 cm³/mol. The van der Waals surface area contributed by atoms with Gasteiger partial charge in [0.15, 0.2) is 0 Å². The number of piperidine rings is 1. The van der Waals surface area contributed by atoms with Crippen LogP contribution in [0.2, 0.25) is 0 Å². The number of nitrogens with one attached hydrogen (secondary N) is 1. The lowest BCUT2D eigenvalue weighted by atomic mass is 9.92. The number of hydrogen-bond acceptors (Lipinski definition) is 3. The second-order valence-electron chi connectivity index (χ2n) is 3.42. The molecule has 2 heterocycles. The molecule has 0 radical (unpaired) electrons. The Morgan fingerprint density at radius 3 is 3.08 bits per heavy atom. The zero-order valence-corrected chi connectivity index (χ0v) is 8.51. The van der Waals surface area contributed by atoms with E-state index in [9.17, 15) is 0 Å². The molecule has 1 saturated heterocycles. The van der Waals surface area contributed by atoms with Crippen LogP contribution < -0.4 is 5.32 Å². The topological polar surface area (TPSA) is 33.6 Å². The van der Waals surface area contributed by atoms with Gasteiger partial charge < -0.3 is 10.2 Å². The van der Waals surface area contributed by atoms with Gasteiger partial charge in [-0.25, -0.2) is 0 Å². The highest BCUT2D eigenvalue weighted by Crippen LogP contribution is 2.25. The largest absolute Gasteiger partial charge is 0.391 e. The first-order valence-electron chi connectivity index (χ1n) is 4.45. The highest BCUT2D eigenvalue weighted by molar-refractivity contribution is 9.18. The molecule has 68 valence electrons. The van der Waals surface area contributed by atoms with E-state index in [4.69, 9.17) is 4.84 Å². The molecule has 0 aromatic carbocycles. The minimum Gasteiger partial charge on any atom is -0.391 e. The second-order valence-corrected chi connectivity index (χ2v) is 4.34. The van der Waals surface area contributed by atoms with Gasteiger partial charge in [-0.3, -0.25) is 0 Å². The first kappa shape index (κ1) is 8.51. The number of oxime groups is 1. The molecule has 2 rings (SSSR count). The molecule has 0 saturated carbocycles. The first-order valence-corrected chi connectivity index (χ1v) is 5.24. The summed E-state index contributed by atoms with van der Waals surface area (Å²) in [4.78, 5) is 5.31. The van der Waals surface area contributed by atoms with Crippen LogP contribution in [0.4, 0.5) is 0 Å². The van der Waals surface area contributed by atoms with Crippen molar-refractivity contribution in [1.82, 2.24) is 5.32 Å². The summed E-state index contributed by atoms with van der Waals surface area (Å²) in [6.07, 6.45) is 3.80. The van der Waals surface area contributed by atoms with Crippen LogP contribution in [0.5, 0.6) is 0 Å². The Morgan fingerprint density at radius 1 is 1.58 bits per heavy atom. The minimum atomic E-state index is 0.312. The van der Waals surface area contributed by atoms with Gasteiger partial charge in [-0.05, 0) is 35.3 Å².